The van der Waals surface area contributed by atoms with E-state index in [-0.39, 0.29) is 0 Å². The monoisotopic (exact) mass is 534 g/mol. The van der Waals surface area contributed by atoms with Gasteiger partial charge in [-0.25, -0.2) is 14.6 Å². The van der Waals surface area contributed by atoms with Gasteiger partial charge >= 0.3 is 24.3 Å². The van der Waals surface area contributed by atoms with Gasteiger partial charge in [-0.2, -0.15) is 26.3 Å². The zero-order valence-corrected chi connectivity index (χ0v) is 19.3. The van der Waals surface area contributed by atoms with E-state index in [1.165, 1.54) is 12.8 Å². The molecule has 206 valence electrons. The second-order valence-electron chi connectivity index (χ2n) is 8.25. The van der Waals surface area contributed by atoms with E-state index in [1.807, 2.05) is 12.4 Å². The third kappa shape index (κ3) is 8.60. The summed E-state index contributed by atoms with van der Waals surface area (Å²) in [5.74, 6) is -4.37. The lowest BCUT2D eigenvalue weighted by atomic mass is 10.00. The van der Waals surface area contributed by atoms with E-state index < -0.39 is 24.3 Å². The number of imidazole rings is 1. The Bertz CT molecular complexity index is 834. The average molecular weight is 534 g/mol. The molecular weight excluding hydrogens is 506 g/mol. The standard InChI is InChI=1S/C16H26N4O2.2C2HF3O2/c1-18-5-4-17-15(18)12-20-11-14(19-6-9-21-10-7-19)16-13(20)3-2-8-22-16;2*3-2(4,5)1(6)7/h4-5,13-14,16H,2-3,6-12H2,1H3;2*(H,6,7)/t13-,14-,16+;;/m0../s1. The molecule has 3 aliphatic heterocycles. The third-order valence-corrected chi connectivity index (χ3v) is 5.87. The highest BCUT2D eigenvalue weighted by molar-refractivity contribution is 5.73. The number of likely N-dealkylation sites (tertiary alicyclic amines) is 1. The highest BCUT2D eigenvalue weighted by Crippen LogP contribution is 2.33. The van der Waals surface area contributed by atoms with Crippen LogP contribution in [-0.2, 0) is 32.7 Å². The van der Waals surface area contributed by atoms with E-state index in [1.54, 1.807) is 0 Å². The molecule has 16 heteroatoms. The first-order chi connectivity index (χ1) is 16.7. The highest BCUT2D eigenvalue weighted by Gasteiger charge is 2.46. The molecule has 0 saturated carbocycles. The normalized spacial score (nSPS) is 25.1. The summed E-state index contributed by atoms with van der Waals surface area (Å²) in [6, 6.07) is 1.05. The highest BCUT2D eigenvalue weighted by atomic mass is 19.4. The number of carbonyl (C=O) groups is 2. The molecular formula is C20H28F6N4O6. The van der Waals surface area contributed by atoms with Crippen LogP contribution in [0.3, 0.4) is 0 Å². The molecule has 0 unspecified atom stereocenters. The molecule has 0 aliphatic carbocycles. The molecule has 3 fully saturated rings. The molecule has 0 aromatic carbocycles. The van der Waals surface area contributed by atoms with Crippen molar-refractivity contribution in [1.82, 2.24) is 19.4 Å². The Morgan fingerprint density at radius 1 is 1.03 bits per heavy atom. The maximum atomic E-state index is 10.6. The van der Waals surface area contributed by atoms with Gasteiger partial charge in [0.2, 0.25) is 0 Å². The Hall–Kier alpha value is -2.43. The van der Waals surface area contributed by atoms with Crippen LogP contribution >= 0.6 is 0 Å². The maximum Gasteiger partial charge on any atom is 0.490 e. The van der Waals surface area contributed by atoms with Crippen molar-refractivity contribution in [3.8, 4) is 0 Å². The zero-order valence-electron chi connectivity index (χ0n) is 19.3. The number of morpholine rings is 1. The van der Waals surface area contributed by atoms with Crippen LogP contribution in [0.5, 0.6) is 0 Å². The number of fused-ring (bicyclic) bond motifs is 1. The number of hydrogen-bond donors (Lipinski definition) is 2. The van der Waals surface area contributed by atoms with E-state index in [9.17, 15) is 26.3 Å². The molecule has 36 heavy (non-hydrogen) atoms. The lowest BCUT2D eigenvalue weighted by Gasteiger charge is -2.37. The van der Waals surface area contributed by atoms with Gasteiger partial charge < -0.3 is 24.3 Å². The number of hydrogen-bond acceptors (Lipinski definition) is 7. The smallest absolute Gasteiger partial charge is 0.475 e. The van der Waals surface area contributed by atoms with Gasteiger partial charge in [-0.1, -0.05) is 0 Å². The Labute approximate surface area is 202 Å². The number of nitrogens with zero attached hydrogens (tertiary/aromatic N) is 4. The van der Waals surface area contributed by atoms with Crippen molar-refractivity contribution < 1.29 is 55.6 Å². The lowest BCUT2D eigenvalue weighted by molar-refractivity contribution is -0.193. The molecule has 0 bridgehead atoms. The van der Waals surface area contributed by atoms with Gasteiger partial charge in [0.05, 0.1) is 31.9 Å². The van der Waals surface area contributed by atoms with Crippen LogP contribution in [-0.4, -0.2) is 111 Å². The largest absolute Gasteiger partial charge is 0.490 e. The van der Waals surface area contributed by atoms with Crippen LogP contribution in [0.2, 0.25) is 0 Å². The molecule has 0 radical (unpaired) electrons. The van der Waals surface area contributed by atoms with E-state index in [4.69, 9.17) is 29.3 Å². The minimum absolute atomic E-state index is 0.354. The summed E-state index contributed by atoms with van der Waals surface area (Å²) in [5, 5.41) is 14.2. The minimum Gasteiger partial charge on any atom is -0.475 e. The quantitative estimate of drug-likeness (QED) is 0.560. The molecule has 1 aromatic rings. The molecule has 3 aliphatic rings. The summed E-state index contributed by atoms with van der Waals surface area (Å²) in [5.41, 5.74) is 0. The van der Waals surface area contributed by atoms with Gasteiger partial charge in [0.25, 0.3) is 0 Å². The van der Waals surface area contributed by atoms with Crippen LogP contribution in [0.1, 0.15) is 18.7 Å². The number of alkyl halides is 6. The number of carboxylic acid groups (broad SMARTS) is 2. The number of rotatable bonds is 3. The number of halogens is 6. The van der Waals surface area contributed by atoms with E-state index in [2.05, 4.69) is 26.4 Å². The molecule has 1 aromatic heterocycles. The molecule has 3 saturated heterocycles. The second kappa shape index (κ2) is 12.7. The fraction of sp³-hybridized carbons (Fsp3) is 0.750. The van der Waals surface area contributed by atoms with Crippen molar-refractivity contribution in [1.29, 1.82) is 0 Å². The molecule has 4 rings (SSSR count). The Kier molecular flexibility index (Phi) is 10.5. The number of aromatic nitrogens is 2. The fourth-order valence-corrected chi connectivity index (χ4v) is 4.17. The summed E-state index contributed by atoms with van der Waals surface area (Å²) in [4.78, 5) is 27.5. The maximum absolute atomic E-state index is 10.6. The Morgan fingerprint density at radius 2 is 1.58 bits per heavy atom. The van der Waals surface area contributed by atoms with Crippen molar-refractivity contribution in [2.45, 2.75) is 49.9 Å². The first-order valence-corrected chi connectivity index (χ1v) is 11.0. The second-order valence-corrected chi connectivity index (χ2v) is 8.25. The topological polar surface area (TPSA) is 117 Å². The molecule has 0 spiro atoms. The Morgan fingerprint density at radius 3 is 2.06 bits per heavy atom. The van der Waals surface area contributed by atoms with E-state index in [0.29, 0.717) is 18.2 Å². The predicted molar refractivity (Wildman–Crippen MR) is 110 cm³/mol. The minimum atomic E-state index is -5.08. The summed E-state index contributed by atoms with van der Waals surface area (Å²) in [6.45, 7) is 6.71. The number of ether oxygens (including phenoxy) is 2. The third-order valence-electron chi connectivity index (χ3n) is 5.87. The number of aryl methyl sites for hydroxylation is 1. The van der Waals surface area contributed by atoms with Crippen molar-refractivity contribution >= 4 is 11.9 Å². The van der Waals surface area contributed by atoms with Crippen LogP contribution in [0.15, 0.2) is 12.4 Å². The summed E-state index contributed by atoms with van der Waals surface area (Å²) in [6.07, 6.45) is -3.48. The average Bonchev–Trinajstić information content (AvgIpc) is 3.38. The van der Waals surface area contributed by atoms with Crippen molar-refractivity contribution in [3.05, 3.63) is 18.2 Å². The van der Waals surface area contributed by atoms with Gasteiger partial charge in [0, 0.05) is 51.7 Å². The summed E-state index contributed by atoms with van der Waals surface area (Å²) in [7, 11) is 2.08. The van der Waals surface area contributed by atoms with Crippen molar-refractivity contribution in [2.75, 3.05) is 39.5 Å². The number of carboxylic acids is 2. The predicted octanol–water partition coefficient (Wildman–Crippen LogP) is 1.75. The number of aliphatic carboxylic acids is 2. The Balaban J connectivity index is 0.000000271. The van der Waals surface area contributed by atoms with Gasteiger partial charge in [-0.15, -0.1) is 0 Å². The van der Waals surface area contributed by atoms with Crippen LogP contribution in [0, 0.1) is 0 Å². The molecule has 10 nitrogen and oxygen atoms in total. The molecule has 4 heterocycles. The molecule has 2 N–H and O–H groups in total. The first-order valence-electron chi connectivity index (χ1n) is 11.0. The molecule has 3 atom stereocenters. The zero-order chi connectivity index (χ0) is 27.1. The summed E-state index contributed by atoms with van der Waals surface area (Å²) >= 11 is 0. The lowest BCUT2D eigenvalue weighted by Crippen LogP contribution is -2.51. The van der Waals surface area contributed by atoms with Gasteiger partial charge in [-0.05, 0) is 12.8 Å². The summed E-state index contributed by atoms with van der Waals surface area (Å²) < 4.78 is 77.3. The van der Waals surface area contributed by atoms with Gasteiger partial charge in [0.15, 0.2) is 0 Å². The first kappa shape index (κ1) is 29.8. The SMILES string of the molecule is Cn1ccnc1CN1C[C@H](N2CCOCC2)[C@@H]2OCCC[C@@H]21.O=C(O)C(F)(F)F.O=C(O)C(F)(F)F. The fourth-order valence-electron chi connectivity index (χ4n) is 4.17. The van der Waals surface area contributed by atoms with E-state index >= 15 is 0 Å². The van der Waals surface area contributed by atoms with Crippen molar-refractivity contribution in [2.24, 2.45) is 7.05 Å². The molecule has 0 amide bonds. The van der Waals surface area contributed by atoms with E-state index in [0.717, 1.165) is 51.8 Å². The van der Waals surface area contributed by atoms with Crippen LogP contribution < -0.4 is 0 Å². The van der Waals surface area contributed by atoms with Crippen molar-refractivity contribution in [3.63, 3.8) is 0 Å². The van der Waals surface area contributed by atoms with Gasteiger partial charge in [-0.3, -0.25) is 9.80 Å². The van der Waals surface area contributed by atoms with Gasteiger partial charge in [0.1, 0.15) is 5.82 Å². The van der Waals surface area contributed by atoms with Crippen LogP contribution in [0.25, 0.3) is 0 Å². The van der Waals surface area contributed by atoms with Crippen LogP contribution in [0.4, 0.5) is 26.3 Å².